The van der Waals surface area contributed by atoms with E-state index in [-0.39, 0.29) is 5.82 Å². The van der Waals surface area contributed by atoms with Crippen LogP contribution in [-0.2, 0) is 0 Å². The Bertz CT molecular complexity index is 914. The van der Waals surface area contributed by atoms with Gasteiger partial charge in [0.2, 0.25) is 5.82 Å². The van der Waals surface area contributed by atoms with Crippen LogP contribution in [-0.4, -0.2) is 30.3 Å². The van der Waals surface area contributed by atoms with Gasteiger partial charge in [0.1, 0.15) is 11.3 Å². The summed E-state index contributed by atoms with van der Waals surface area (Å²) in [5, 5.41) is 14.6. The Morgan fingerprint density at radius 2 is 2.21 bits per heavy atom. The largest absolute Gasteiger partial charge is 0.461 e. The van der Waals surface area contributed by atoms with E-state index in [1.807, 2.05) is 13.8 Å². The Kier molecular flexibility index (Phi) is 3.99. The van der Waals surface area contributed by atoms with Gasteiger partial charge in [-0.1, -0.05) is 19.8 Å². The summed E-state index contributed by atoms with van der Waals surface area (Å²) >= 11 is 0. The number of nitrogens with zero attached hydrogens (tertiary/aromatic N) is 4. The third kappa shape index (κ3) is 3.39. The van der Waals surface area contributed by atoms with Crippen molar-refractivity contribution in [2.45, 2.75) is 32.8 Å². The van der Waals surface area contributed by atoms with Crippen molar-refractivity contribution in [2.24, 2.45) is 5.92 Å². The molecule has 3 N–H and O–H groups in total. The fourth-order valence-electron chi connectivity index (χ4n) is 2.53. The van der Waals surface area contributed by atoms with Crippen LogP contribution in [0.15, 0.2) is 29.0 Å². The molecule has 7 heteroatoms. The molecule has 0 saturated heterocycles. The first-order chi connectivity index (χ1) is 11.3. The third-order valence-corrected chi connectivity index (χ3v) is 3.35. The standard InChI is InChI=1S/C17H19N5O2/c1-11(2)9-17(3,23)7-6-12-10-22-16(14(18)19-12)20-15(21-22)13-5-4-8-24-13/h4-5,8,10-11,23H,9H2,1-3H3,(H2,18,19). The Morgan fingerprint density at radius 3 is 2.88 bits per heavy atom. The van der Waals surface area contributed by atoms with Gasteiger partial charge in [-0.05, 0) is 37.3 Å². The van der Waals surface area contributed by atoms with Crippen LogP contribution in [0.5, 0.6) is 0 Å². The van der Waals surface area contributed by atoms with E-state index in [4.69, 9.17) is 10.2 Å². The summed E-state index contributed by atoms with van der Waals surface area (Å²) in [5.74, 6) is 7.23. The lowest BCUT2D eigenvalue weighted by atomic mass is 9.95. The number of fused-ring (bicyclic) bond motifs is 1. The zero-order chi connectivity index (χ0) is 17.3. The lowest BCUT2D eigenvalue weighted by molar-refractivity contribution is 0.0976. The molecule has 0 bridgehead atoms. The highest BCUT2D eigenvalue weighted by atomic mass is 16.3. The number of nitrogens with two attached hydrogens (primary N) is 1. The lowest BCUT2D eigenvalue weighted by Crippen LogP contribution is -2.23. The molecule has 1 atom stereocenters. The van der Waals surface area contributed by atoms with Crippen LogP contribution in [0.1, 0.15) is 32.9 Å². The van der Waals surface area contributed by atoms with E-state index in [1.54, 1.807) is 31.5 Å². The van der Waals surface area contributed by atoms with Crippen LogP contribution in [0.2, 0.25) is 0 Å². The SMILES string of the molecule is CC(C)CC(C)(O)C#Cc1cn2nc(-c3ccco3)nc2c(N)n1. The van der Waals surface area contributed by atoms with Gasteiger partial charge in [-0.15, -0.1) is 5.10 Å². The zero-order valence-electron chi connectivity index (χ0n) is 13.8. The quantitative estimate of drug-likeness (QED) is 0.715. The first-order valence-corrected chi connectivity index (χ1v) is 7.66. The summed E-state index contributed by atoms with van der Waals surface area (Å²) in [6, 6.07) is 3.53. The minimum Gasteiger partial charge on any atom is -0.461 e. The molecule has 0 aromatic carbocycles. The Balaban J connectivity index is 1.97. The van der Waals surface area contributed by atoms with Crippen molar-refractivity contribution in [3.63, 3.8) is 0 Å². The van der Waals surface area contributed by atoms with E-state index >= 15 is 0 Å². The summed E-state index contributed by atoms with van der Waals surface area (Å²) in [6.45, 7) is 5.75. The van der Waals surface area contributed by atoms with Crippen molar-refractivity contribution in [1.29, 1.82) is 0 Å². The van der Waals surface area contributed by atoms with Gasteiger partial charge in [0, 0.05) is 0 Å². The minimum atomic E-state index is -1.08. The average Bonchev–Trinajstić information content (AvgIpc) is 3.12. The van der Waals surface area contributed by atoms with Crippen LogP contribution in [0, 0.1) is 17.8 Å². The van der Waals surface area contributed by atoms with Gasteiger partial charge in [0.15, 0.2) is 17.2 Å². The topological polar surface area (TPSA) is 102 Å². The van der Waals surface area contributed by atoms with Gasteiger partial charge in [-0.25, -0.2) is 14.5 Å². The van der Waals surface area contributed by atoms with Gasteiger partial charge >= 0.3 is 0 Å². The number of hydrogen-bond donors (Lipinski definition) is 2. The second-order valence-corrected chi connectivity index (χ2v) is 6.31. The molecule has 0 radical (unpaired) electrons. The Hall–Kier alpha value is -2.85. The van der Waals surface area contributed by atoms with Crippen LogP contribution in [0.4, 0.5) is 5.82 Å². The molecule has 1 unspecified atom stereocenters. The molecule has 0 aliphatic heterocycles. The molecule has 0 spiro atoms. The van der Waals surface area contributed by atoms with E-state index in [0.29, 0.717) is 35.3 Å². The van der Waals surface area contributed by atoms with Crippen molar-refractivity contribution < 1.29 is 9.52 Å². The number of hydrogen-bond acceptors (Lipinski definition) is 6. The van der Waals surface area contributed by atoms with Crippen molar-refractivity contribution in [3.05, 3.63) is 30.3 Å². The Labute approximate surface area is 139 Å². The molecule has 24 heavy (non-hydrogen) atoms. The van der Waals surface area contributed by atoms with Gasteiger partial charge in [0.05, 0.1) is 12.5 Å². The predicted molar refractivity (Wildman–Crippen MR) is 89.9 cm³/mol. The molecule has 3 rings (SSSR count). The lowest BCUT2D eigenvalue weighted by Gasteiger charge is -2.18. The van der Waals surface area contributed by atoms with E-state index < -0.39 is 5.60 Å². The van der Waals surface area contributed by atoms with Crippen molar-refractivity contribution in [1.82, 2.24) is 19.6 Å². The number of nitrogen functional groups attached to an aromatic ring is 1. The predicted octanol–water partition coefficient (Wildman–Crippen LogP) is 2.12. The Morgan fingerprint density at radius 1 is 1.42 bits per heavy atom. The molecule has 0 saturated carbocycles. The molecule has 124 valence electrons. The molecule has 7 nitrogen and oxygen atoms in total. The fraction of sp³-hybridized carbons (Fsp3) is 0.353. The zero-order valence-corrected chi connectivity index (χ0v) is 13.8. The molecule has 0 amide bonds. The van der Waals surface area contributed by atoms with E-state index in [9.17, 15) is 5.11 Å². The van der Waals surface area contributed by atoms with Crippen LogP contribution in [0.3, 0.4) is 0 Å². The maximum atomic E-state index is 10.3. The second kappa shape index (κ2) is 5.98. The second-order valence-electron chi connectivity index (χ2n) is 6.31. The van der Waals surface area contributed by atoms with Crippen molar-refractivity contribution in [2.75, 3.05) is 5.73 Å². The third-order valence-electron chi connectivity index (χ3n) is 3.35. The van der Waals surface area contributed by atoms with Crippen molar-refractivity contribution in [3.8, 4) is 23.4 Å². The molecule has 3 aromatic rings. The fourth-order valence-corrected chi connectivity index (χ4v) is 2.53. The van der Waals surface area contributed by atoms with Gasteiger partial charge in [-0.3, -0.25) is 0 Å². The van der Waals surface area contributed by atoms with E-state index in [0.717, 1.165) is 0 Å². The summed E-state index contributed by atoms with van der Waals surface area (Å²) < 4.78 is 6.80. The maximum Gasteiger partial charge on any atom is 0.218 e. The molecule has 3 aromatic heterocycles. The molecule has 0 fully saturated rings. The summed E-state index contributed by atoms with van der Waals surface area (Å²) in [6.07, 6.45) is 3.75. The smallest absolute Gasteiger partial charge is 0.218 e. The van der Waals surface area contributed by atoms with Crippen LogP contribution >= 0.6 is 0 Å². The number of furan rings is 1. The van der Waals surface area contributed by atoms with Crippen LogP contribution in [0.25, 0.3) is 17.2 Å². The van der Waals surface area contributed by atoms with E-state index in [2.05, 4.69) is 26.9 Å². The maximum absolute atomic E-state index is 10.3. The van der Waals surface area contributed by atoms with Gasteiger partial charge in [0.25, 0.3) is 0 Å². The normalized spacial score (nSPS) is 13.7. The summed E-state index contributed by atoms with van der Waals surface area (Å²) in [4.78, 5) is 8.53. The van der Waals surface area contributed by atoms with Gasteiger partial charge < -0.3 is 15.3 Å². The summed E-state index contributed by atoms with van der Waals surface area (Å²) in [5.41, 5.74) is 5.71. The molecular weight excluding hydrogens is 306 g/mol. The highest BCUT2D eigenvalue weighted by Gasteiger charge is 2.18. The molecule has 0 aliphatic carbocycles. The van der Waals surface area contributed by atoms with E-state index in [1.165, 1.54) is 4.52 Å². The average molecular weight is 325 g/mol. The highest BCUT2D eigenvalue weighted by Crippen LogP contribution is 2.19. The van der Waals surface area contributed by atoms with Crippen molar-refractivity contribution >= 4 is 11.5 Å². The van der Waals surface area contributed by atoms with Crippen LogP contribution < -0.4 is 5.73 Å². The monoisotopic (exact) mass is 325 g/mol. The first-order valence-electron chi connectivity index (χ1n) is 7.66. The minimum absolute atomic E-state index is 0.218. The molecular formula is C17H19N5O2. The molecule has 0 aliphatic rings. The number of anilines is 1. The number of aliphatic hydroxyl groups is 1. The summed E-state index contributed by atoms with van der Waals surface area (Å²) in [7, 11) is 0. The highest BCUT2D eigenvalue weighted by molar-refractivity contribution is 5.63. The first kappa shape index (κ1) is 16.0. The molecule has 3 heterocycles. The number of aromatic nitrogens is 4. The van der Waals surface area contributed by atoms with Gasteiger partial charge in [-0.2, -0.15) is 0 Å². The number of rotatable bonds is 3.